The molecule has 0 bridgehead atoms. The van der Waals surface area contributed by atoms with E-state index in [4.69, 9.17) is 9.84 Å². The molecule has 2 rings (SSSR count). The quantitative estimate of drug-likeness (QED) is 0.811. The number of ether oxygens (including phenoxy) is 2. The number of rotatable bonds is 7. The van der Waals surface area contributed by atoms with Crippen LogP contribution in [0.5, 0.6) is 11.5 Å². The lowest BCUT2D eigenvalue weighted by molar-refractivity contribution is -0.137. The number of carboxylic acid groups (broad SMARTS) is 1. The highest BCUT2D eigenvalue weighted by Gasteiger charge is 2.28. The minimum Gasteiger partial charge on any atom is -0.493 e. The number of likely N-dealkylation sites (tertiary alicyclic amines) is 1. The van der Waals surface area contributed by atoms with Gasteiger partial charge >= 0.3 is 12.6 Å². The molecule has 1 amide bonds. The van der Waals surface area contributed by atoms with Crippen LogP contribution in [-0.4, -0.2) is 48.2 Å². The van der Waals surface area contributed by atoms with Crippen LogP contribution in [0.1, 0.15) is 42.5 Å². The lowest BCUT2D eigenvalue weighted by Gasteiger charge is -2.35. The van der Waals surface area contributed by atoms with Gasteiger partial charge in [-0.1, -0.05) is 0 Å². The largest absolute Gasteiger partial charge is 0.493 e. The van der Waals surface area contributed by atoms with E-state index in [1.807, 2.05) is 0 Å². The lowest BCUT2D eigenvalue weighted by Crippen LogP contribution is -2.44. The first-order valence-corrected chi connectivity index (χ1v) is 8.08. The Balaban J connectivity index is 2.18. The number of amides is 1. The maximum absolute atomic E-state index is 12.8. The number of alkyl halides is 2. The molecule has 0 aliphatic carbocycles. The number of aliphatic carboxylic acids is 1. The van der Waals surface area contributed by atoms with Gasteiger partial charge in [0.15, 0.2) is 11.5 Å². The number of nitrogens with zero attached hydrogens (tertiary/aromatic N) is 1. The van der Waals surface area contributed by atoms with Crippen LogP contribution in [0.3, 0.4) is 0 Å². The first-order valence-electron chi connectivity index (χ1n) is 8.08. The van der Waals surface area contributed by atoms with Crippen LogP contribution in [0.4, 0.5) is 8.78 Å². The van der Waals surface area contributed by atoms with Gasteiger partial charge in [0, 0.05) is 24.6 Å². The van der Waals surface area contributed by atoms with Gasteiger partial charge in [-0.2, -0.15) is 8.78 Å². The average Bonchev–Trinajstić information content (AvgIpc) is 2.59. The second-order valence-corrected chi connectivity index (χ2v) is 5.82. The molecule has 1 aliphatic heterocycles. The highest BCUT2D eigenvalue weighted by Crippen LogP contribution is 2.31. The molecule has 0 spiro atoms. The fraction of sp³-hybridized carbons (Fsp3) is 0.529. The normalized spacial score (nSPS) is 17.4. The maximum Gasteiger partial charge on any atom is 0.387 e. The van der Waals surface area contributed by atoms with Crippen molar-refractivity contribution in [3.8, 4) is 11.5 Å². The Morgan fingerprint density at radius 2 is 2.08 bits per heavy atom. The summed E-state index contributed by atoms with van der Waals surface area (Å²) in [5.74, 6) is -1.26. The summed E-state index contributed by atoms with van der Waals surface area (Å²) in [6, 6.07) is 3.91. The summed E-state index contributed by atoms with van der Waals surface area (Å²) in [4.78, 5) is 25.3. The van der Waals surface area contributed by atoms with Crippen LogP contribution in [0, 0.1) is 0 Å². The molecule has 6 nitrogen and oxygen atoms in total. The molecule has 0 aromatic heterocycles. The third-order valence-electron chi connectivity index (χ3n) is 4.21. The fourth-order valence-corrected chi connectivity index (χ4v) is 3.02. The Labute approximate surface area is 144 Å². The van der Waals surface area contributed by atoms with Crippen molar-refractivity contribution in [1.29, 1.82) is 0 Å². The van der Waals surface area contributed by atoms with Gasteiger partial charge in [-0.05, 0) is 43.9 Å². The smallest absolute Gasteiger partial charge is 0.387 e. The van der Waals surface area contributed by atoms with Crippen molar-refractivity contribution in [2.24, 2.45) is 0 Å². The molecule has 1 atom stereocenters. The average molecular weight is 357 g/mol. The molecule has 0 saturated carbocycles. The second-order valence-electron chi connectivity index (χ2n) is 5.82. The topological polar surface area (TPSA) is 76.1 Å². The first-order chi connectivity index (χ1) is 11.9. The van der Waals surface area contributed by atoms with Crippen molar-refractivity contribution in [3.05, 3.63) is 23.8 Å². The van der Waals surface area contributed by atoms with E-state index in [9.17, 15) is 18.4 Å². The molecule has 25 heavy (non-hydrogen) atoms. The van der Waals surface area contributed by atoms with Crippen LogP contribution in [0.2, 0.25) is 0 Å². The third kappa shape index (κ3) is 5.04. The van der Waals surface area contributed by atoms with Crippen molar-refractivity contribution in [2.75, 3.05) is 13.7 Å². The molecule has 1 aromatic carbocycles. The Morgan fingerprint density at radius 3 is 2.72 bits per heavy atom. The number of hydrogen-bond donors (Lipinski definition) is 1. The van der Waals surface area contributed by atoms with Gasteiger partial charge in [0.2, 0.25) is 0 Å². The van der Waals surface area contributed by atoms with Gasteiger partial charge in [0.1, 0.15) is 0 Å². The predicted octanol–water partition coefficient (Wildman–Crippen LogP) is 3.16. The van der Waals surface area contributed by atoms with E-state index >= 15 is 0 Å². The number of methoxy groups -OCH3 is 1. The van der Waals surface area contributed by atoms with Gasteiger partial charge in [0.05, 0.1) is 7.11 Å². The number of carbonyl (C=O) groups excluding carboxylic acids is 1. The molecule has 1 aliphatic rings. The highest BCUT2D eigenvalue weighted by molar-refractivity contribution is 5.95. The van der Waals surface area contributed by atoms with E-state index in [-0.39, 0.29) is 29.9 Å². The Morgan fingerprint density at radius 1 is 1.32 bits per heavy atom. The van der Waals surface area contributed by atoms with Gasteiger partial charge in [-0.15, -0.1) is 0 Å². The van der Waals surface area contributed by atoms with Crippen LogP contribution >= 0.6 is 0 Å². The van der Waals surface area contributed by atoms with Gasteiger partial charge in [-0.25, -0.2) is 0 Å². The second kappa shape index (κ2) is 8.64. The predicted molar refractivity (Wildman–Crippen MR) is 85.2 cm³/mol. The van der Waals surface area contributed by atoms with Crippen LogP contribution in [0.15, 0.2) is 18.2 Å². The van der Waals surface area contributed by atoms with Crippen LogP contribution in [-0.2, 0) is 4.79 Å². The minimum absolute atomic E-state index is 0.00106. The summed E-state index contributed by atoms with van der Waals surface area (Å²) >= 11 is 0. The molecule has 1 heterocycles. The van der Waals surface area contributed by atoms with E-state index in [1.54, 1.807) is 4.90 Å². The zero-order valence-electron chi connectivity index (χ0n) is 13.9. The van der Waals surface area contributed by atoms with E-state index in [2.05, 4.69) is 4.74 Å². The van der Waals surface area contributed by atoms with Crippen LogP contribution < -0.4 is 9.47 Å². The van der Waals surface area contributed by atoms with Crippen molar-refractivity contribution in [1.82, 2.24) is 4.90 Å². The molecule has 138 valence electrons. The summed E-state index contributed by atoms with van der Waals surface area (Å²) in [5.41, 5.74) is 0.292. The number of halogens is 2. The number of piperidine rings is 1. The SMILES string of the molecule is COc1cc(C(=O)N2CCCCC2CCC(=O)O)ccc1OC(F)F. The molecule has 0 radical (unpaired) electrons. The molecule has 1 unspecified atom stereocenters. The van der Waals surface area contributed by atoms with E-state index in [1.165, 1.54) is 25.3 Å². The Bertz CT molecular complexity index is 623. The summed E-state index contributed by atoms with van der Waals surface area (Å²) < 4.78 is 34.2. The van der Waals surface area contributed by atoms with E-state index in [0.29, 0.717) is 18.5 Å². The summed E-state index contributed by atoms with van der Waals surface area (Å²) in [6.07, 6.45) is 2.93. The van der Waals surface area contributed by atoms with E-state index < -0.39 is 12.6 Å². The van der Waals surface area contributed by atoms with Crippen molar-refractivity contribution in [3.63, 3.8) is 0 Å². The summed E-state index contributed by atoms with van der Waals surface area (Å²) in [6.45, 7) is -2.45. The molecule has 1 N–H and O–H groups in total. The number of hydrogen-bond acceptors (Lipinski definition) is 4. The fourth-order valence-electron chi connectivity index (χ4n) is 3.02. The third-order valence-corrected chi connectivity index (χ3v) is 4.21. The summed E-state index contributed by atoms with van der Waals surface area (Å²) in [5, 5.41) is 8.86. The van der Waals surface area contributed by atoms with Gasteiger partial charge in [0.25, 0.3) is 5.91 Å². The van der Waals surface area contributed by atoms with Crippen LogP contribution in [0.25, 0.3) is 0 Å². The molecule has 8 heteroatoms. The highest BCUT2D eigenvalue weighted by atomic mass is 19.3. The zero-order chi connectivity index (χ0) is 18.4. The number of carbonyl (C=O) groups is 2. The molecule has 1 aromatic rings. The Kier molecular flexibility index (Phi) is 6.55. The van der Waals surface area contributed by atoms with Gasteiger partial charge < -0.3 is 19.5 Å². The number of benzene rings is 1. The monoisotopic (exact) mass is 357 g/mol. The maximum atomic E-state index is 12.8. The first kappa shape index (κ1) is 19.0. The molecule has 1 saturated heterocycles. The van der Waals surface area contributed by atoms with Crippen molar-refractivity contribution in [2.45, 2.75) is 44.8 Å². The molecule has 1 fully saturated rings. The van der Waals surface area contributed by atoms with E-state index in [0.717, 1.165) is 19.3 Å². The molecular weight excluding hydrogens is 336 g/mol. The number of carboxylic acids is 1. The van der Waals surface area contributed by atoms with Crippen molar-refractivity contribution >= 4 is 11.9 Å². The van der Waals surface area contributed by atoms with Gasteiger partial charge in [-0.3, -0.25) is 9.59 Å². The summed E-state index contributed by atoms with van der Waals surface area (Å²) in [7, 11) is 1.30. The standard InChI is InChI=1S/C17H21F2NO5/c1-24-14-10-11(5-7-13(14)25-17(18)19)16(23)20-9-3-2-4-12(20)6-8-15(21)22/h5,7,10,12,17H,2-4,6,8-9H2,1H3,(H,21,22). The lowest BCUT2D eigenvalue weighted by atomic mass is 9.97. The zero-order valence-corrected chi connectivity index (χ0v) is 13.9. The minimum atomic E-state index is -2.99. The van der Waals surface area contributed by atoms with Crippen molar-refractivity contribution < 1.29 is 33.0 Å². The Hall–Kier alpha value is -2.38. The molecular formula is C17H21F2NO5.